The quantitative estimate of drug-likeness (QED) is 0.682. The second-order valence-electron chi connectivity index (χ2n) is 2.82. The average molecular weight is 188 g/mol. The lowest BCUT2D eigenvalue weighted by molar-refractivity contribution is -0.127. The Balaban J connectivity index is 2.76. The van der Waals surface area contributed by atoms with Gasteiger partial charge in [-0.3, -0.25) is 14.5 Å². The fourth-order valence-corrected chi connectivity index (χ4v) is 1.95. The first kappa shape index (κ1) is 9.54. The Morgan fingerprint density at radius 2 is 2.25 bits per heavy atom. The van der Waals surface area contributed by atoms with E-state index >= 15 is 0 Å². The minimum atomic E-state index is -0.244. The van der Waals surface area contributed by atoms with Gasteiger partial charge in [0.2, 0.25) is 5.91 Å². The number of imide groups is 1. The SMILES string of the molecule is CC1SC(=O)N(C(C)CN)C1=O. The summed E-state index contributed by atoms with van der Waals surface area (Å²) in [5, 5.41) is -0.419. The maximum absolute atomic E-state index is 11.3. The van der Waals surface area contributed by atoms with E-state index in [4.69, 9.17) is 5.73 Å². The first-order valence-electron chi connectivity index (χ1n) is 3.81. The first-order chi connectivity index (χ1) is 5.57. The molecule has 1 fully saturated rings. The number of nitrogens with zero attached hydrogens (tertiary/aromatic N) is 1. The zero-order chi connectivity index (χ0) is 9.30. The van der Waals surface area contributed by atoms with Crippen LogP contribution in [0.25, 0.3) is 0 Å². The number of amides is 2. The molecule has 1 heterocycles. The molecule has 0 radical (unpaired) electrons. The zero-order valence-corrected chi connectivity index (χ0v) is 7.93. The highest BCUT2D eigenvalue weighted by Gasteiger charge is 2.38. The highest BCUT2D eigenvalue weighted by Crippen LogP contribution is 2.27. The van der Waals surface area contributed by atoms with E-state index in [1.807, 2.05) is 0 Å². The molecule has 0 aromatic carbocycles. The van der Waals surface area contributed by atoms with Gasteiger partial charge in [0.25, 0.3) is 5.24 Å². The fourth-order valence-electron chi connectivity index (χ4n) is 1.05. The summed E-state index contributed by atoms with van der Waals surface area (Å²) in [5.41, 5.74) is 5.37. The van der Waals surface area contributed by atoms with Gasteiger partial charge in [-0.25, -0.2) is 0 Å². The molecule has 0 aromatic rings. The summed E-state index contributed by atoms with van der Waals surface area (Å²) < 4.78 is 0. The molecule has 1 aliphatic rings. The maximum atomic E-state index is 11.3. The van der Waals surface area contributed by atoms with Crippen LogP contribution in [0.3, 0.4) is 0 Å². The van der Waals surface area contributed by atoms with Crippen molar-refractivity contribution in [2.75, 3.05) is 6.54 Å². The van der Waals surface area contributed by atoms with Crippen LogP contribution in [-0.2, 0) is 4.79 Å². The lowest BCUT2D eigenvalue weighted by atomic mass is 10.3. The van der Waals surface area contributed by atoms with E-state index in [0.29, 0.717) is 6.54 Å². The standard InChI is InChI=1S/C7H12N2O2S/c1-4(3-8)9-6(10)5(2)12-7(9)11/h4-5H,3,8H2,1-2H3. The Kier molecular flexibility index (Phi) is 2.74. The summed E-state index contributed by atoms with van der Waals surface area (Å²) in [5.74, 6) is -0.122. The van der Waals surface area contributed by atoms with Crippen LogP contribution in [-0.4, -0.2) is 33.9 Å². The van der Waals surface area contributed by atoms with Crippen molar-refractivity contribution in [2.24, 2.45) is 5.73 Å². The summed E-state index contributed by atoms with van der Waals surface area (Å²) in [6.45, 7) is 3.83. The number of rotatable bonds is 2. The molecule has 1 saturated heterocycles. The lowest BCUT2D eigenvalue weighted by Crippen LogP contribution is -2.42. The zero-order valence-electron chi connectivity index (χ0n) is 7.11. The minimum absolute atomic E-state index is 0.122. The van der Waals surface area contributed by atoms with Crippen LogP contribution in [0, 0.1) is 0 Å². The largest absolute Gasteiger partial charge is 0.328 e. The van der Waals surface area contributed by atoms with Gasteiger partial charge in [-0.05, 0) is 13.8 Å². The van der Waals surface area contributed by atoms with E-state index in [1.165, 1.54) is 4.90 Å². The summed E-state index contributed by atoms with van der Waals surface area (Å²) in [6.07, 6.45) is 0. The van der Waals surface area contributed by atoms with Crippen molar-refractivity contribution in [3.8, 4) is 0 Å². The number of carbonyl (C=O) groups excluding carboxylic acids is 2. The molecule has 4 nitrogen and oxygen atoms in total. The molecule has 2 N–H and O–H groups in total. The van der Waals surface area contributed by atoms with Crippen molar-refractivity contribution >= 4 is 22.9 Å². The van der Waals surface area contributed by atoms with E-state index in [-0.39, 0.29) is 22.4 Å². The van der Waals surface area contributed by atoms with Gasteiger partial charge in [0, 0.05) is 12.6 Å². The van der Waals surface area contributed by atoms with Crippen LogP contribution < -0.4 is 5.73 Å². The third kappa shape index (κ3) is 1.47. The number of nitrogens with two attached hydrogens (primary N) is 1. The van der Waals surface area contributed by atoms with Crippen molar-refractivity contribution < 1.29 is 9.59 Å². The van der Waals surface area contributed by atoms with Crippen LogP contribution in [0.15, 0.2) is 0 Å². The van der Waals surface area contributed by atoms with Crippen LogP contribution >= 0.6 is 11.8 Å². The molecule has 2 atom stereocenters. The molecule has 1 rings (SSSR count). The Morgan fingerprint density at radius 1 is 1.67 bits per heavy atom. The van der Waals surface area contributed by atoms with E-state index in [1.54, 1.807) is 13.8 Å². The van der Waals surface area contributed by atoms with Crippen LogP contribution in [0.2, 0.25) is 0 Å². The van der Waals surface area contributed by atoms with Crippen molar-refractivity contribution in [1.29, 1.82) is 0 Å². The van der Waals surface area contributed by atoms with Crippen molar-refractivity contribution in [3.63, 3.8) is 0 Å². The molecule has 2 amide bonds. The Hall–Kier alpha value is -0.550. The normalized spacial score (nSPS) is 26.6. The van der Waals surface area contributed by atoms with E-state index in [0.717, 1.165) is 11.8 Å². The van der Waals surface area contributed by atoms with E-state index < -0.39 is 0 Å². The van der Waals surface area contributed by atoms with Gasteiger partial charge in [-0.1, -0.05) is 11.8 Å². The molecule has 68 valence electrons. The molecule has 0 aromatic heterocycles. The molecule has 5 heteroatoms. The molecular formula is C7H12N2O2S. The first-order valence-corrected chi connectivity index (χ1v) is 4.69. The fraction of sp³-hybridized carbons (Fsp3) is 0.714. The molecule has 2 unspecified atom stereocenters. The monoisotopic (exact) mass is 188 g/mol. The Bertz CT molecular complexity index is 219. The van der Waals surface area contributed by atoms with Gasteiger partial charge < -0.3 is 5.73 Å². The highest BCUT2D eigenvalue weighted by molar-refractivity contribution is 8.15. The van der Waals surface area contributed by atoms with Crippen LogP contribution in [0.1, 0.15) is 13.8 Å². The summed E-state index contributed by atoms with van der Waals surface area (Å²) in [7, 11) is 0. The van der Waals surface area contributed by atoms with Crippen LogP contribution in [0.4, 0.5) is 4.79 Å². The summed E-state index contributed by atoms with van der Waals surface area (Å²) >= 11 is 1.06. The number of hydrogen-bond donors (Lipinski definition) is 1. The number of hydrogen-bond acceptors (Lipinski definition) is 4. The Labute approximate surface area is 75.5 Å². The summed E-state index contributed by atoms with van der Waals surface area (Å²) in [4.78, 5) is 23.8. The molecular weight excluding hydrogens is 176 g/mol. The maximum Gasteiger partial charge on any atom is 0.289 e. The van der Waals surface area contributed by atoms with Crippen molar-refractivity contribution in [3.05, 3.63) is 0 Å². The predicted octanol–water partition coefficient (Wildman–Crippen LogP) is 0.418. The molecule has 1 aliphatic heterocycles. The van der Waals surface area contributed by atoms with Gasteiger partial charge in [0.15, 0.2) is 0 Å². The molecule has 0 aliphatic carbocycles. The third-order valence-electron chi connectivity index (χ3n) is 1.84. The third-order valence-corrected chi connectivity index (χ3v) is 2.79. The lowest BCUT2D eigenvalue weighted by Gasteiger charge is -2.19. The van der Waals surface area contributed by atoms with Crippen molar-refractivity contribution in [1.82, 2.24) is 4.90 Å². The van der Waals surface area contributed by atoms with Crippen molar-refractivity contribution in [2.45, 2.75) is 25.1 Å². The molecule has 0 saturated carbocycles. The number of carbonyl (C=O) groups is 2. The van der Waals surface area contributed by atoms with Crippen LogP contribution in [0.5, 0.6) is 0 Å². The highest BCUT2D eigenvalue weighted by atomic mass is 32.2. The average Bonchev–Trinajstić information content (AvgIpc) is 2.26. The second kappa shape index (κ2) is 3.45. The van der Waals surface area contributed by atoms with E-state index in [2.05, 4.69) is 0 Å². The molecule has 0 spiro atoms. The topological polar surface area (TPSA) is 63.4 Å². The second-order valence-corrected chi connectivity index (χ2v) is 4.11. The van der Waals surface area contributed by atoms with Gasteiger partial charge in [0.1, 0.15) is 0 Å². The van der Waals surface area contributed by atoms with Gasteiger partial charge in [-0.2, -0.15) is 0 Å². The number of thioether (sulfide) groups is 1. The van der Waals surface area contributed by atoms with Gasteiger partial charge in [-0.15, -0.1) is 0 Å². The molecule has 0 bridgehead atoms. The summed E-state index contributed by atoms with van der Waals surface area (Å²) in [6, 6.07) is -0.178. The predicted molar refractivity (Wildman–Crippen MR) is 47.8 cm³/mol. The van der Waals surface area contributed by atoms with E-state index in [9.17, 15) is 9.59 Å². The smallest absolute Gasteiger partial charge is 0.289 e. The molecule has 12 heavy (non-hydrogen) atoms. The Morgan fingerprint density at radius 3 is 2.58 bits per heavy atom. The van der Waals surface area contributed by atoms with Gasteiger partial charge in [0.05, 0.1) is 5.25 Å². The van der Waals surface area contributed by atoms with Gasteiger partial charge >= 0.3 is 0 Å². The minimum Gasteiger partial charge on any atom is -0.328 e.